The number of aromatic nitrogens is 1. The topological polar surface area (TPSA) is 168 Å². The first-order valence-electron chi connectivity index (χ1n) is 10.6. The number of anilines is 2. The quantitative estimate of drug-likeness (QED) is 0.423. The van der Waals surface area contributed by atoms with Crippen molar-refractivity contribution in [2.45, 2.75) is 12.5 Å². The van der Waals surface area contributed by atoms with Gasteiger partial charge in [0.05, 0.1) is 17.5 Å². The fourth-order valence-corrected chi connectivity index (χ4v) is 4.14. The normalized spacial score (nSPS) is 15.4. The summed E-state index contributed by atoms with van der Waals surface area (Å²) in [5.74, 6) is -1.58. The van der Waals surface area contributed by atoms with E-state index in [1.165, 1.54) is 36.2 Å². The predicted octanol–water partition coefficient (Wildman–Crippen LogP) is 1.49. The Morgan fingerprint density at radius 3 is 2.56 bits per heavy atom. The lowest BCUT2D eigenvalue weighted by Crippen LogP contribution is -2.49. The number of fused-ring (bicyclic) bond motifs is 1. The Morgan fingerprint density at radius 2 is 1.89 bits per heavy atom. The number of carbonyl (C=O) groups is 3. The van der Waals surface area contributed by atoms with Crippen molar-refractivity contribution in [3.8, 4) is 5.75 Å². The van der Waals surface area contributed by atoms with Crippen LogP contribution in [0.15, 0.2) is 53.1 Å². The average molecular weight is 515 g/mol. The number of carbonyl (C=O) groups excluding carboxylic acids is 2. The van der Waals surface area contributed by atoms with Gasteiger partial charge in [-0.2, -0.15) is 0 Å². The summed E-state index contributed by atoms with van der Waals surface area (Å²) in [4.78, 5) is 38.1. The van der Waals surface area contributed by atoms with Crippen LogP contribution in [0.1, 0.15) is 32.2 Å². The summed E-state index contributed by atoms with van der Waals surface area (Å²) in [7, 11) is -1.92. The minimum absolute atomic E-state index is 0.00379. The summed E-state index contributed by atoms with van der Waals surface area (Å²) < 4.78 is 35.9. The third kappa shape index (κ3) is 5.63. The molecule has 0 saturated carbocycles. The first kappa shape index (κ1) is 24.7. The number of carboxylic acid groups (broad SMARTS) is 1. The van der Waals surface area contributed by atoms with Gasteiger partial charge in [0, 0.05) is 25.2 Å². The number of nitrogens with one attached hydrogen (secondary N) is 2. The number of carboxylic acids is 1. The highest BCUT2D eigenvalue weighted by Crippen LogP contribution is 2.31. The largest absolute Gasteiger partial charge is 0.489 e. The van der Waals surface area contributed by atoms with Crippen LogP contribution in [0.5, 0.6) is 5.75 Å². The molecule has 36 heavy (non-hydrogen) atoms. The number of amides is 2. The molecule has 1 aromatic heterocycles. The number of ether oxygens (including phenoxy) is 1. The van der Waals surface area contributed by atoms with Crippen LogP contribution < -0.4 is 19.7 Å². The monoisotopic (exact) mass is 514 g/mol. The molecule has 0 radical (unpaired) electrons. The first-order chi connectivity index (χ1) is 17.0. The maximum atomic E-state index is 12.9. The van der Waals surface area contributed by atoms with Gasteiger partial charge >= 0.3 is 5.97 Å². The van der Waals surface area contributed by atoms with Crippen LogP contribution in [0.25, 0.3) is 0 Å². The number of hydrogen-bond donors (Lipinski definition) is 3. The summed E-state index contributed by atoms with van der Waals surface area (Å²) in [5, 5.41) is 15.6. The van der Waals surface area contributed by atoms with Crippen molar-refractivity contribution in [3.63, 3.8) is 0 Å². The van der Waals surface area contributed by atoms with Crippen LogP contribution in [0.2, 0.25) is 0 Å². The molecule has 0 unspecified atom stereocenters. The standard InChI is InChI=1S/C23H22N4O8S/c1-27-19-10-14(23(30)31)5-8-20(19)34-12-18(22(27)29)24-21(28)17-11-16(35-25-17)9-13-3-6-15(7-4-13)26-36(2,32)33/h3-8,10-11,18,26H,9,12H2,1-2H3,(H,24,28)(H,30,31)/t18-/m0/s1. The number of benzene rings is 2. The molecule has 1 aliphatic rings. The Kier molecular flexibility index (Phi) is 6.66. The molecule has 1 atom stereocenters. The zero-order valence-electron chi connectivity index (χ0n) is 19.2. The molecular formula is C23H22N4O8S. The van der Waals surface area contributed by atoms with Crippen molar-refractivity contribution < 1.29 is 37.2 Å². The van der Waals surface area contributed by atoms with Gasteiger partial charge in [-0.3, -0.25) is 14.3 Å². The number of hydrogen-bond acceptors (Lipinski definition) is 8. The Bertz CT molecular complexity index is 1430. The minimum Gasteiger partial charge on any atom is -0.489 e. The van der Waals surface area contributed by atoms with Crippen molar-refractivity contribution in [3.05, 3.63) is 71.1 Å². The minimum atomic E-state index is -3.38. The van der Waals surface area contributed by atoms with Gasteiger partial charge in [-0.25, -0.2) is 13.2 Å². The van der Waals surface area contributed by atoms with E-state index in [9.17, 15) is 27.9 Å². The molecule has 13 heteroatoms. The zero-order chi connectivity index (χ0) is 26.0. The van der Waals surface area contributed by atoms with Gasteiger partial charge in [0.2, 0.25) is 10.0 Å². The van der Waals surface area contributed by atoms with E-state index in [4.69, 9.17) is 9.26 Å². The third-order valence-corrected chi connectivity index (χ3v) is 5.94. The first-order valence-corrected chi connectivity index (χ1v) is 12.5. The van der Waals surface area contributed by atoms with Gasteiger partial charge in [0.15, 0.2) is 5.69 Å². The highest BCUT2D eigenvalue weighted by Gasteiger charge is 2.32. The number of nitrogens with zero attached hydrogens (tertiary/aromatic N) is 2. The molecule has 0 aliphatic carbocycles. The fraction of sp³-hybridized carbons (Fsp3) is 0.217. The maximum Gasteiger partial charge on any atom is 0.335 e. The molecule has 0 saturated heterocycles. The van der Waals surface area contributed by atoms with E-state index in [1.807, 2.05) is 0 Å². The molecule has 0 fully saturated rings. The fourth-order valence-electron chi connectivity index (χ4n) is 3.58. The molecule has 1 aliphatic heterocycles. The number of likely N-dealkylation sites (N-methyl/N-ethyl adjacent to an activating group) is 1. The molecule has 2 aromatic carbocycles. The molecule has 4 rings (SSSR count). The summed E-state index contributed by atoms with van der Waals surface area (Å²) >= 11 is 0. The zero-order valence-corrected chi connectivity index (χ0v) is 20.0. The number of aromatic carboxylic acids is 1. The lowest BCUT2D eigenvalue weighted by Gasteiger charge is -2.20. The average Bonchev–Trinajstić information content (AvgIpc) is 3.25. The van der Waals surface area contributed by atoms with Crippen LogP contribution in [0.3, 0.4) is 0 Å². The highest BCUT2D eigenvalue weighted by molar-refractivity contribution is 7.92. The molecule has 188 valence electrons. The SMILES string of the molecule is CN1C(=O)[C@@H](NC(=O)c2cc(Cc3ccc(NS(C)(=O)=O)cc3)on2)COc2ccc(C(=O)O)cc21. The predicted molar refractivity (Wildman–Crippen MR) is 128 cm³/mol. The van der Waals surface area contributed by atoms with Crippen LogP contribution in [-0.2, 0) is 21.2 Å². The van der Waals surface area contributed by atoms with E-state index in [2.05, 4.69) is 15.2 Å². The van der Waals surface area contributed by atoms with E-state index in [1.54, 1.807) is 24.3 Å². The van der Waals surface area contributed by atoms with Gasteiger partial charge < -0.3 is 24.6 Å². The Morgan fingerprint density at radius 1 is 1.17 bits per heavy atom. The summed E-state index contributed by atoms with van der Waals surface area (Å²) in [6.07, 6.45) is 1.36. The second-order valence-corrected chi connectivity index (χ2v) is 9.90. The second-order valence-electron chi connectivity index (χ2n) is 8.15. The van der Waals surface area contributed by atoms with E-state index in [0.717, 1.165) is 11.8 Å². The molecule has 2 amide bonds. The lowest BCUT2D eigenvalue weighted by molar-refractivity contribution is -0.120. The van der Waals surface area contributed by atoms with Gasteiger partial charge in [-0.05, 0) is 35.9 Å². The number of sulfonamides is 1. The van der Waals surface area contributed by atoms with E-state index in [-0.39, 0.29) is 23.6 Å². The molecule has 0 bridgehead atoms. The van der Waals surface area contributed by atoms with Crippen molar-refractivity contribution in [1.29, 1.82) is 0 Å². The van der Waals surface area contributed by atoms with E-state index in [0.29, 0.717) is 23.6 Å². The molecule has 2 heterocycles. The molecule has 12 nitrogen and oxygen atoms in total. The van der Waals surface area contributed by atoms with Gasteiger partial charge in [-0.15, -0.1) is 0 Å². The van der Waals surface area contributed by atoms with Gasteiger partial charge in [0.25, 0.3) is 11.8 Å². The van der Waals surface area contributed by atoms with Crippen LogP contribution >= 0.6 is 0 Å². The summed E-state index contributed by atoms with van der Waals surface area (Å²) in [5.41, 5.74) is 1.45. The molecule has 0 spiro atoms. The second kappa shape index (κ2) is 9.70. The smallest absolute Gasteiger partial charge is 0.335 e. The van der Waals surface area contributed by atoms with Gasteiger partial charge in [-0.1, -0.05) is 17.3 Å². The molecular weight excluding hydrogens is 492 g/mol. The Hall–Kier alpha value is -4.39. The van der Waals surface area contributed by atoms with Crippen molar-refractivity contribution in [2.75, 3.05) is 29.5 Å². The molecule has 3 N–H and O–H groups in total. The van der Waals surface area contributed by atoms with Crippen molar-refractivity contribution in [1.82, 2.24) is 10.5 Å². The Balaban J connectivity index is 1.41. The van der Waals surface area contributed by atoms with E-state index < -0.39 is 33.8 Å². The van der Waals surface area contributed by atoms with Crippen LogP contribution in [0, 0.1) is 0 Å². The Labute approximate surface area is 205 Å². The maximum absolute atomic E-state index is 12.9. The van der Waals surface area contributed by atoms with Crippen LogP contribution in [-0.4, -0.2) is 62.4 Å². The highest BCUT2D eigenvalue weighted by atomic mass is 32.2. The summed E-state index contributed by atoms with van der Waals surface area (Å²) in [6, 6.07) is 11.2. The van der Waals surface area contributed by atoms with E-state index >= 15 is 0 Å². The van der Waals surface area contributed by atoms with Gasteiger partial charge in [0.1, 0.15) is 24.2 Å². The third-order valence-electron chi connectivity index (χ3n) is 5.33. The van der Waals surface area contributed by atoms with Crippen molar-refractivity contribution >= 4 is 39.2 Å². The van der Waals surface area contributed by atoms with Crippen LogP contribution in [0.4, 0.5) is 11.4 Å². The number of rotatable bonds is 7. The lowest BCUT2D eigenvalue weighted by atomic mass is 10.1. The summed E-state index contributed by atoms with van der Waals surface area (Å²) in [6.45, 7) is -0.160. The molecule has 3 aromatic rings. The van der Waals surface area contributed by atoms with Crippen molar-refractivity contribution in [2.24, 2.45) is 0 Å².